The number of primary sulfonamides is 1. The van der Waals surface area contributed by atoms with Crippen molar-refractivity contribution in [3.8, 4) is 11.1 Å². The van der Waals surface area contributed by atoms with E-state index in [2.05, 4.69) is 0 Å². The summed E-state index contributed by atoms with van der Waals surface area (Å²) in [5.74, 6) is -0.735. The van der Waals surface area contributed by atoms with Crippen LogP contribution in [0.15, 0.2) is 46.2 Å². The summed E-state index contributed by atoms with van der Waals surface area (Å²) in [5, 5.41) is 5.13. The van der Waals surface area contributed by atoms with Crippen molar-refractivity contribution in [3.05, 3.63) is 47.8 Å². The molecule has 0 atom stereocenters. The SMILES string of the molecule is CC(C)c1ccc(-c2c(S(N)(=O)=O)cccc2S(=O)(=O)O)cc1F. The average molecular weight is 373 g/mol. The number of sulfonamides is 1. The Balaban J connectivity index is 2.89. The van der Waals surface area contributed by atoms with Crippen molar-refractivity contribution < 1.29 is 25.8 Å². The minimum Gasteiger partial charge on any atom is -0.282 e. The van der Waals surface area contributed by atoms with E-state index in [0.717, 1.165) is 24.3 Å². The molecule has 0 aliphatic rings. The molecule has 0 saturated heterocycles. The molecule has 6 nitrogen and oxygen atoms in total. The van der Waals surface area contributed by atoms with E-state index in [-0.39, 0.29) is 17.0 Å². The molecular weight excluding hydrogens is 357 g/mol. The van der Waals surface area contributed by atoms with E-state index in [9.17, 15) is 25.8 Å². The molecule has 2 aromatic carbocycles. The van der Waals surface area contributed by atoms with E-state index in [1.807, 2.05) is 0 Å². The zero-order valence-corrected chi connectivity index (χ0v) is 14.5. The number of hydrogen-bond donors (Lipinski definition) is 2. The fourth-order valence-corrected chi connectivity index (χ4v) is 3.98. The maximum Gasteiger partial charge on any atom is 0.295 e. The first-order valence-electron chi connectivity index (χ1n) is 6.86. The van der Waals surface area contributed by atoms with Crippen LogP contribution < -0.4 is 5.14 Å². The van der Waals surface area contributed by atoms with E-state index in [0.29, 0.717) is 5.56 Å². The summed E-state index contributed by atoms with van der Waals surface area (Å²) < 4.78 is 70.4. The number of hydrogen-bond acceptors (Lipinski definition) is 4. The van der Waals surface area contributed by atoms with Crippen molar-refractivity contribution in [2.45, 2.75) is 29.6 Å². The molecule has 0 saturated carbocycles. The Morgan fingerprint density at radius 1 is 1.04 bits per heavy atom. The van der Waals surface area contributed by atoms with Crippen molar-refractivity contribution in [2.24, 2.45) is 5.14 Å². The topological polar surface area (TPSA) is 115 Å². The van der Waals surface area contributed by atoms with Crippen molar-refractivity contribution in [3.63, 3.8) is 0 Å². The summed E-state index contributed by atoms with van der Waals surface area (Å²) in [6, 6.07) is 7.08. The molecule has 0 unspecified atom stereocenters. The van der Waals surface area contributed by atoms with Crippen molar-refractivity contribution in [1.29, 1.82) is 0 Å². The minimum absolute atomic E-state index is 0.0193. The molecule has 0 amide bonds. The van der Waals surface area contributed by atoms with Crippen LogP contribution in [-0.4, -0.2) is 21.4 Å². The number of halogens is 1. The van der Waals surface area contributed by atoms with E-state index < -0.39 is 35.7 Å². The van der Waals surface area contributed by atoms with Crippen LogP contribution in [0.4, 0.5) is 4.39 Å². The third-order valence-corrected chi connectivity index (χ3v) is 5.33. The second-order valence-electron chi connectivity index (χ2n) is 5.54. The molecule has 2 aromatic rings. The molecule has 0 heterocycles. The van der Waals surface area contributed by atoms with Gasteiger partial charge in [-0.05, 0) is 35.2 Å². The molecule has 0 bridgehead atoms. The van der Waals surface area contributed by atoms with E-state index >= 15 is 0 Å². The first kappa shape index (κ1) is 18.5. The zero-order valence-electron chi connectivity index (χ0n) is 12.9. The molecule has 0 spiro atoms. The minimum atomic E-state index is -4.75. The number of nitrogens with two attached hydrogens (primary N) is 1. The number of benzene rings is 2. The molecule has 0 aliphatic carbocycles. The molecule has 0 aromatic heterocycles. The van der Waals surface area contributed by atoms with Crippen LogP contribution in [-0.2, 0) is 20.1 Å². The van der Waals surface area contributed by atoms with Gasteiger partial charge in [0.15, 0.2) is 0 Å². The first-order valence-corrected chi connectivity index (χ1v) is 9.84. The predicted octanol–water partition coefficient (Wildman–Crippen LogP) is 2.51. The summed E-state index contributed by atoms with van der Waals surface area (Å²) in [7, 11) is -9.05. The summed E-state index contributed by atoms with van der Waals surface area (Å²) >= 11 is 0. The van der Waals surface area contributed by atoms with Crippen LogP contribution in [0, 0.1) is 5.82 Å². The maximum atomic E-state index is 14.3. The van der Waals surface area contributed by atoms with Gasteiger partial charge < -0.3 is 0 Å². The van der Waals surface area contributed by atoms with Crippen LogP contribution in [0.1, 0.15) is 25.3 Å². The third kappa shape index (κ3) is 3.64. The fourth-order valence-electron chi connectivity index (χ4n) is 2.40. The Kier molecular flexibility index (Phi) is 4.82. The lowest BCUT2D eigenvalue weighted by molar-refractivity contribution is 0.483. The molecular formula is C15H16FNO5S2. The van der Waals surface area contributed by atoms with Crippen LogP contribution in [0.25, 0.3) is 11.1 Å². The smallest absolute Gasteiger partial charge is 0.282 e. The molecule has 24 heavy (non-hydrogen) atoms. The molecule has 3 N–H and O–H groups in total. The standard InChI is InChI=1S/C15H16FNO5S2/c1-9(2)11-7-6-10(8-12(11)16)15-13(23(17,18)19)4-3-5-14(15)24(20,21)22/h3-9H,1-2H3,(H2,17,18,19)(H,20,21,22). The molecule has 130 valence electrons. The van der Waals surface area contributed by atoms with Gasteiger partial charge in [-0.2, -0.15) is 8.42 Å². The van der Waals surface area contributed by atoms with Crippen LogP contribution in [0.3, 0.4) is 0 Å². The molecule has 0 fully saturated rings. The Labute approximate surface area is 139 Å². The summed E-state index contributed by atoms with van der Waals surface area (Å²) in [6.45, 7) is 3.56. The highest BCUT2D eigenvalue weighted by Gasteiger charge is 2.25. The highest BCUT2D eigenvalue weighted by atomic mass is 32.2. The lowest BCUT2D eigenvalue weighted by Crippen LogP contribution is -2.15. The normalized spacial score (nSPS) is 12.6. The van der Waals surface area contributed by atoms with Gasteiger partial charge >= 0.3 is 0 Å². The molecule has 9 heteroatoms. The van der Waals surface area contributed by atoms with Gasteiger partial charge in [0.2, 0.25) is 10.0 Å². The summed E-state index contributed by atoms with van der Waals surface area (Å²) in [6.07, 6.45) is 0. The Hall–Kier alpha value is -1.81. The Bertz CT molecular complexity index is 948. The van der Waals surface area contributed by atoms with E-state index in [4.69, 9.17) is 5.14 Å². The average Bonchev–Trinajstić information content (AvgIpc) is 2.44. The summed E-state index contributed by atoms with van der Waals surface area (Å²) in [4.78, 5) is -1.18. The van der Waals surface area contributed by atoms with Crippen LogP contribution >= 0.6 is 0 Å². The monoisotopic (exact) mass is 373 g/mol. The van der Waals surface area contributed by atoms with Gasteiger partial charge in [-0.15, -0.1) is 0 Å². The molecule has 0 radical (unpaired) electrons. The van der Waals surface area contributed by atoms with E-state index in [1.54, 1.807) is 13.8 Å². The van der Waals surface area contributed by atoms with E-state index in [1.165, 1.54) is 12.1 Å². The lowest BCUT2D eigenvalue weighted by Gasteiger charge is -2.14. The van der Waals surface area contributed by atoms with Crippen LogP contribution in [0.2, 0.25) is 0 Å². The quantitative estimate of drug-likeness (QED) is 0.799. The van der Waals surface area contributed by atoms with Crippen LogP contribution in [0.5, 0.6) is 0 Å². The highest BCUT2D eigenvalue weighted by molar-refractivity contribution is 7.89. The zero-order chi connectivity index (χ0) is 18.3. The largest absolute Gasteiger partial charge is 0.295 e. The Morgan fingerprint density at radius 3 is 2.08 bits per heavy atom. The van der Waals surface area contributed by atoms with Crippen molar-refractivity contribution >= 4 is 20.1 Å². The van der Waals surface area contributed by atoms with Crippen molar-refractivity contribution in [1.82, 2.24) is 0 Å². The predicted molar refractivity (Wildman–Crippen MR) is 87.1 cm³/mol. The number of rotatable bonds is 4. The summed E-state index contributed by atoms with van der Waals surface area (Å²) in [5.41, 5.74) is 0.00565. The van der Waals surface area contributed by atoms with Gasteiger partial charge in [0, 0.05) is 5.56 Å². The maximum absolute atomic E-state index is 14.3. The molecule has 0 aliphatic heterocycles. The fraction of sp³-hybridized carbons (Fsp3) is 0.200. The van der Waals surface area contributed by atoms with Gasteiger partial charge in [-0.25, -0.2) is 17.9 Å². The van der Waals surface area contributed by atoms with Gasteiger partial charge in [0.25, 0.3) is 10.1 Å². The van der Waals surface area contributed by atoms with Crippen molar-refractivity contribution in [2.75, 3.05) is 0 Å². The second kappa shape index (κ2) is 6.25. The highest BCUT2D eigenvalue weighted by Crippen LogP contribution is 2.34. The van der Waals surface area contributed by atoms with Gasteiger partial charge in [-0.1, -0.05) is 32.0 Å². The third-order valence-electron chi connectivity index (χ3n) is 3.48. The molecule has 2 rings (SSSR count). The first-order chi connectivity index (χ1) is 10.9. The second-order valence-corrected chi connectivity index (χ2v) is 8.46. The lowest BCUT2D eigenvalue weighted by atomic mass is 9.98. The van der Waals surface area contributed by atoms with Gasteiger partial charge in [-0.3, -0.25) is 4.55 Å². The van der Waals surface area contributed by atoms with Gasteiger partial charge in [0.1, 0.15) is 10.7 Å². The van der Waals surface area contributed by atoms with Gasteiger partial charge in [0.05, 0.1) is 4.90 Å². The Morgan fingerprint density at radius 2 is 1.62 bits per heavy atom.